The van der Waals surface area contributed by atoms with E-state index in [9.17, 15) is 13.2 Å². The Morgan fingerprint density at radius 2 is 2.00 bits per heavy atom. The highest BCUT2D eigenvalue weighted by atomic mass is 32.2. The molecular weight excluding hydrogens is 204 g/mol. The molecule has 5 nitrogen and oxygen atoms in total. The third kappa shape index (κ3) is 2.06. The van der Waals surface area contributed by atoms with E-state index >= 15 is 0 Å². The first-order valence-corrected chi connectivity index (χ1v) is 6.40. The van der Waals surface area contributed by atoms with Crippen molar-refractivity contribution in [1.82, 2.24) is 10.0 Å². The average Bonchev–Trinajstić information content (AvgIpc) is 2.82. The van der Waals surface area contributed by atoms with Crippen LogP contribution in [0.3, 0.4) is 0 Å². The summed E-state index contributed by atoms with van der Waals surface area (Å²) in [6.45, 7) is 1.38. The Bertz CT molecular complexity index is 328. The maximum absolute atomic E-state index is 11.5. The Morgan fingerprint density at radius 3 is 2.50 bits per heavy atom. The highest BCUT2D eigenvalue weighted by Crippen LogP contribution is 2.27. The molecule has 2 rings (SSSR count). The lowest BCUT2D eigenvalue weighted by molar-refractivity contribution is -0.122. The van der Waals surface area contributed by atoms with Gasteiger partial charge in [-0.05, 0) is 25.8 Å². The minimum Gasteiger partial charge on any atom is -0.316 e. The van der Waals surface area contributed by atoms with Gasteiger partial charge in [-0.3, -0.25) is 9.52 Å². The molecule has 80 valence electrons. The molecule has 14 heavy (non-hydrogen) atoms. The van der Waals surface area contributed by atoms with Crippen LogP contribution in [0.25, 0.3) is 0 Å². The summed E-state index contributed by atoms with van der Waals surface area (Å²) in [5, 5.41) is 2.71. The van der Waals surface area contributed by atoms with Crippen LogP contribution < -0.4 is 10.0 Å². The fourth-order valence-electron chi connectivity index (χ4n) is 1.56. The first kappa shape index (κ1) is 9.92. The van der Waals surface area contributed by atoms with Gasteiger partial charge in [0.1, 0.15) is 0 Å². The van der Waals surface area contributed by atoms with Gasteiger partial charge in [-0.25, -0.2) is 8.42 Å². The second kappa shape index (κ2) is 3.51. The van der Waals surface area contributed by atoms with Crippen LogP contribution in [0.4, 0.5) is 0 Å². The topological polar surface area (TPSA) is 75.3 Å². The van der Waals surface area contributed by atoms with Crippen LogP contribution >= 0.6 is 0 Å². The van der Waals surface area contributed by atoms with Crippen LogP contribution in [0, 0.1) is 5.92 Å². The molecule has 6 heteroatoms. The van der Waals surface area contributed by atoms with E-state index in [1.807, 2.05) is 0 Å². The van der Waals surface area contributed by atoms with E-state index < -0.39 is 10.0 Å². The van der Waals surface area contributed by atoms with E-state index in [-0.39, 0.29) is 17.1 Å². The van der Waals surface area contributed by atoms with Gasteiger partial charge in [-0.15, -0.1) is 0 Å². The van der Waals surface area contributed by atoms with Gasteiger partial charge in [0.25, 0.3) is 0 Å². The monoisotopic (exact) mass is 218 g/mol. The third-order valence-corrected chi connectivity index (χ3v) is 4.47. The minimum atomic E-state index is -3.35. The molecule has 0 aromatic heterocycles. The summed E-state index contributed by atoms with van der Waals surface area (Å²) in [7, 11) is -3.35. The first-order valence-electron chi connectivity index (χ1n) is 4.86. The minimum absolute atomic E-state index is 0.177. The molecule has 1 amide bonds. The molecule has 1 saturated carbocycles. The highest BCUT2D eigenvalue weighted by Gasteiger charge is 2.38. The van der Waals surface area contributed by atoms with E-state index in [2.05, 4.69) is 10.0 Å². The van der Waals surface area contributed by atoms with Crippen LogP contribution in [0.2, 0.25) is 0 Å². The molecule has 0 bridgehead atoms. The van der Waals surface area contributed by atoms with Crippen LogP contribution in [0.15, 0.2) is 0 Å². The van der Waals surface area contributed by atoms with E-state index in [0.717, 1.165) is 13.0 Å². The van der Waals surface area contributed by atoms with E-state index in [4.69, 9.17) is 0 Å². The van der Waals surface area contributed by atoms with Gasteiger partial charge in [0.05, 0.1) is 11.2 Å². The lowest BCUT2D eigenvalue weighted by atomic mass is 10.1. The van der Waals surface area contributed by atoms with Crippen molar-refractivity contribution >= 4 is 15.9 Å². The van der Waals surface area contributed by atoms with Crippen LogP contribution in [0.1, 0.15) is 19.3 Å². The largest absolute Gasteiger partial charge is 0.316 e. The summed E-state index contributed by atoms with van der Waals surface area (Å²) in [5.41, 5.74) is 0. The maximum Gasteiger partial charge on any atom is 0.237 e. The van der Waals surface area contributed by atoms with Gasteiger partial charge < -0.3 is 5.32 Å². The number of sulfonamides is 1. The van der Waals surface area contributed by atoms with Gasteiger partial charge >= 0.3 is 0 Å². The Hall–Kier alpha value is -0.620. The van der Waals surface area contributed by atoms with Gasteiger partial charge in [0.15, 0.2) is 0 Å². The maximum atomic E-state index is 11.5. The predicted molar refractivity (Wildman–Crippen MR) is 51.1 cm³/mol. The zero-order chi connectivity index (χ0) is 10.2. The van der Waals surface area contributed by atoms with Gasteiger partial charge in [0, 0.05) is 6.54 Å². The molecule has 0 aromatic rings. The molecule has 1 aliphatic carbocycles. The van der Waals surface area contributed by atoms with Crippen molar-refractivity contribution in [3.63, 3.8) is 0 Å². The molecule has 1 saturated heterocycles. The summed E-state index contributed by atoms with van der Waals surface area (Å²) < 4.78 is 25.0. The number of carbonyl (C=O) groups is 1. The number of rotatable bonds is 3. The van der Waals surface area contributed by atoms with Gasteiger partial charge in [-0.2, -0.15) is 0 Å². The van der Waals surface area contributed by atoms with E-state index in [0.29, 0.717) is 19.4 Å². The quantitative estimate of drug-likeness (QED) is 0.650. The predicted octanol–water partition coefficient (Wildman–Crippen LogP) is -0.796. The fourth-order valence-corrected chi connectivity index (χ4v) is 2.93. The Balaban J connectivity index is 1.93. The Kier molecular flexibility index (Phi) is 2.48. The molecule has 0 spiro atoms. The van der Waals surface area contributed by atoms with Crippen molar-refractivity contribution in [3.05, 3.63) is 0 Å². The zero-order valence-electron chi connectivity index (χ0n) is 7.82. The number of nitrogens with one attached hydrogen (secondary N) is 2. The summed E-state index contributed by atoms with van der Waals surface area (Å²) in [5.74, 6) is -0.523. The van der Waals surface area contributed by atoms with Crippen molar-refractivity contribution in [2.75, 3.05) is 13.1 Å². The molecule has 2 fully saturated rings. The van der Waals surface area contributed by atoms with Crippen LogP contribution in [-0.2, 0) is 14.8 Å². The Labute approximate surface area is 83.3 Å². The first-order chi connectivity index (χ1) is 6.59. The van der Waals surface area contributed by atoms with Crippen molar-refractivity contribution in [1.29, 1.82) is 0 Å². The number of hydrogen-bond donors (Lipinski definition) is 2. The van der Waals surface area contributed by atoms with Crippen LogP contribution in [0.5, 0.6) is 0 Å². The number of amides is 1. The van der Waals surface area contributed by atoms with Gasteiger partial charge in [-0.1, -0.05) is 0 Å². The van der Waals surface area contributed by atoms with Crippen LogP contribution in [-0.4, -0.2) is 32.7 Å². The molecule has 2 N–H and O–H groups in total. The summed E-state index contributed by atoms with van der Waals surface area (Å²) in [6.07, 6.45) is 2.10. The van der Waals surface area contributed by atoms with Gasteiger partial charge in [0.2, 0.25) is 15.9 Å². The lowest BCUT2D eigenvalue weighted by Crippen LogP contribution is -2.38. The molecule has 0 radical (unpaired) electrons. The molecular formula is C8H14N2O3S. The second-order valence-electron chi connectivity index (χ2n) is 3.90. The van der Waals surface area contributed by atoms with Crippen molar-refractivity contribution in [2.24, 2.45) is 5.92 Å². The molecule has 1 atom stereocenters. The normalized spacial score (nSPS) is 27.6. The number of carbonyl (C=O) groups excluding carboxylic acids is 1. The summed E-state index contributed by atoms with van der Waals surface area (Å²) in [4.78, 5) is 11.5. The van der Waals surface area contributed by atoms with E-state index in [1.54, 1.807) is 0 Å². The smallest absolute Gasteiger partial charge is 0.237 e. The number of hydrogen-bond acceptors (Lipinski definition) is 4. The average molecular weight is 218 g/mol. The van der Waals surface area contributed by atoms with Crippen molar-refractivity contribution in [3.8, 4) is 0 Å². The van der Waals surface area contributed by atoms with Crippen molar-refractivity contribution in [2.45, 2.75) is 24.5 Å². The third-order valence-electron chi connectivity index (χ3n) is 2.64. The zero-order valence-corrected chi connectivity index (χ0v) is 8.64. The Morgan fingerprint density at radius 1 is 1.29 bits per heavy atom. The molecule has 1 unspecified atom stereocenters. The standard InChI is InChI=1S/C8H14N2O3S/c11-8(6-3-4-9-5-6)10-14(12,13)7-1-2-7/h6-7,9H,1-5H2,(H,10,11). The second-order valence-corrected chi connectivity index (χ2v) is 5.86. The fraction of sp³-hybridized carbons (Fsp3) is 0.875. The summed E-state index contributed by atoms with van der Waals surface area (Å²) in [6, 6.07) is 0. The van der Waals surface area contributed by atoms with E-state index in [1.165, 1.54) is 0 Å². The SMILES string of the molecule is O=C(NS(=O)(=O)C1CC1)C1CCNC1. The van der Waals surface area contributed by atoms with Crippen molar-refractivity contribution < 1.29 is 13.2 Å². The highest BCUT2D eigenvalue weighted by molar-refractivity contribution is 7.90. The molecule has 1 heterocycles. The molecule has 1 aliphatic heterocycles. The lowest BCUT2D eigenvalue weighted by Gasteiger charge is -2.09. The molecule has 2 aliphatic rings. The molecule has 0 aromatic carbocycles. The summed E-state index contributed by atoms with van der Waals surface area (Å²) >= 11 is 0.